The molecule has 2 atom stereocenters. The van der Waals surface area contributed by atoms with Gasteiger partial charge in [-0.25, -0.2) is 4.79 Å². The molecule has 0 saturated carbocycles. The van der Waals surface area contributed by atoms with Crippen molar-refractivity contribution in [2.45, 2.75) is 32.7 Å². The van der Waals surface area contributed by atoms with E-state index >= 15 is 0 Å². The Hall–Kier alpha value is -0.730. The molecule has 0 bridgehead atoms. The number of hydrogen-bond donors (Lipinski definition) is 0. The highest BCUT2D eigenvalue weighted by molar-refractivity contribution is 5.74. The molecule has 0 aromatic rings. The fourth-order valence-corrected chi connectivity index (χ4v) is 1.95. The molecule has 0 aliphatic carbocycles. The summed E-state index contributed by atoms with van der Waals surface area (Å²) in [7, 11) is 3.63. The second kappa shape index (κ2) is 3.99. The van der Waals surface area contributed by atoms with E-state index in [0.29, 0.717) is 6.04 Å². The van der Waals surface area contributed by atoms with E-state index in [2.05, 4.69) is 13.8 Å². The summed E-state index contributed by atoms with van der Waals surface area (Å²) in [6.45, 7) is 5.31. The lowest BCUT2D eigenvalue weighted by molar-refractivity contribution is 0.120. The second-order valence-electron chi connectivity index (χ2n) is 4.35. The molecule has 76 valence electrons. The van der Waals surface area contributed by atoms with Crippen LogP contribution in [0.2, 0.25) is 0 Å². The van der Waals surface area contributed by atoms with Gasteiger partial charge in [-0.05, 0) is 25.7 Å². The Labute approximate surface area is 80.7 Å². The Morgan fingerprint density at radius 3 is 2.46 bits per heavy atom. The van der Waals surface area contributed by atoms with Crippen LogP contribution in [0, 0.1) is 5.92 Å². The van der Waals surface area contributed by atoms with E-state index in [1.54, 1.807) is 4.90 Å². The van der Waals surface area contributed by atoms with Gasteiger partial charge in [-0.3, -0.25) is 0 Å². The number of urea groups is 1. The van der Waals surface area contributed by atoms with Crippen LogP contribution in [0.1, 0.15) is 26.7 Å². The summed E-state index contributed by atoms with van der Waals surface area (Å²) in [6.07, 6.45) is 2.28. The molecule has 1 aliphatic heterocycles. The van der Waals surface area contributed by atoms with Gasteiger partial charge < -0.3 is 9.80 Å². The minimum Gasteiger partial charge on any atom is -0.331 e. The highest BCUT2D eigenvalue weighted by Gasteiger charge is 2.27. The summed E-state index contributed by atoms with van der Waals surface area (Å²) < 4.78 is 0. The molecule has 1 aliphatic rings. The van der Waals surface area contributed by atoms with Crippen LogP contribution in [0.5, 0.6) is 0 Å². The summed E-state index contributed by atoms with van der Waals surface area (Å²) in [5.41, 5.74) is 0. The molecule has 0 radical (unpaired) electrons. The molecule has 3 nitrogen and oxygen atoms in total. The molecule has 13 heavy (non-hydrogen) atoms. The largest absolute Gasteiger partial charge is 0.331 e. The third-order valence-corrected chi connectivity index (χ3v) is 2.77. The SMILES string of the molecule is C[C@H]1CCN(C(=O)N(C)C)[C@@H](C)C1. The van der Waals surface area contributed by atoms with Crippen molar-refractivity contribution >= 4 is 6.03 Å². The van der Waals surface area contributed by atoms with Crippen LogP contribution < -0.4 is 0 Å². The van der Waals surface area contributed by atoms with Gasteiger partial charge in [-0.2, -0.15) is 0 Å². The Bertz CT molecular complexity index is 191. The standard InChI is InChI=1S/C10H20N2O/c1-8-5-6-12(9(2)7-8)10(13)11(3)4/h8-9H,5-7H2,1-4H3/t8-,9-/m0/s1. The van der Waals surface area contributed by atoms with Gasteiger partial charge in [0.2, 0.25) is 0 Å². The van der Waals surface area contributed by atoms with E-state index in [1.165, 1.54) is 0 Å². The highest BCUT2D eigenvalue weighted by atomic mass is 16.2. The predicted octanol–water partition coefficient (Wildman–Crippen LogP) is 1.79. The van der Waals surface area contributed by atoms with Crippen molar-refractivity contribution in [2.75, 3.05) is 20.6 Å². The molecular formula is C10H20N2O. The zero-order valence-corrected chi connectivity index (χ0v) is 9.08. The quantitative estimate of drug-likeness (QED) is 0.563. The molecule has 0 aromatic carbocycles. The summed E-state index contributed by atoms with van der Waals surface area (Å²) in [5, 5.41) is 0. The van der Waals surface area contributed by atoms with Gasteiger partial charge in [0.05, 0.1) is 0 Å². The van der Waals surface area contributed by atoms with E-state index in [1.807, 2.05) is 19.0 Å². The average Bonchev–Trinajstić information content (AvgIpc) is 2.03. The Kier molecular flexibility index (Phi) is 3.17. The smallest absolute Gasteiger partial charge is 0.319 e. The molecule has 0 spiro atoms. The van der Waals surface area contributed by atoms with Crippen LogP contribution in [0.25, 0.3) is 0 Å². The maximum Gasteiger partial charge on any atom is 0.319 e. The monoisotopic (exact) mass is 184 g/mol. The maximum atomic E-state index is 11.7. The first kappa shape index (κ1) is 10.4. The topological polar surface area (TPSA) is 23.6 Å². The first-order valence-corrected chi connectivity index (χ1v) is 5.00. The number of hydrogen-bond acceptors (Lipinski definition) is 1. The lowest BCUT2D eigenvalue weighted by atomic mass is 9.94. The summed E-state index contributed by atoms with van der Waals surface area (Å²) >= 11 is 0. The molecule has 3 heteroatoms. The van der Waals surface area contributed by atoms with Crippen molar-refractivity contribution in [1.29, 1.82) is 0 Å². The first-order valence-electron chi connectivity index (χ1n) is 5.00. The highest BCUT2D eigenvalue weighted by Crippen LogP contribution is 2.22. The van der Waals surface area contributed by atoms with Crippen molar-refractivity contribution < 1.29 is 4.79 Å². The molecular weight excluding hydrogens is 164 g/mol. The van der Waals surface area contributed by atoms with Gasteiger partial charge >= 0.3 is 6.03 Å². The molecule has 1 heterocycles. The Morgan fingerprint density at radius 2 is 2.00 bits per heavy atom. The lowest BCUT2D eigenvalue weighted by Crippen LogP contribution is -2.48. The second-order valence-corrected chi connectivity index (χ2v) is 4.35. The van der Waals surface area contributed by atoms with Crippen molar-refractivity contribution in [3.05, 3.63) is 0 Å². The summed E-state index contributed by atoms with van der Waals surface area (Å²) in [5.74, 6) is 0.765. The van der Waals surface area contributed by atoms with Crippen molar-refractivity contribution in [3.8, 4) is 0 Å². The predicted molar refractivity (Wildman–Crippen MR) is 53.6 cm³/mol. The van der Waals surface area contributed by atoms with E-state index in [0.717, 1.165) is 25.3 Å². The fourth-order valence-electron chi connectivity index (χ4n) is 1.95. The van der Waals surface area contributed by atoms with Crippen molar-refractivity contribution in [2.24, 2.45) is 5.92 Å². The number of piperidine rings is 1. The zero-order valence-electron chi connectivity index (χ0n) is 9.08. The van der Waals surface area contributed by atoms with Gasteiger partial charge in [0, 0.05) is 26.7 Å². The minimum absolute atomic E-state index is 0.152. The van der Waals surface area contributed by atoms with E-state index < -0.39 is 0 Å². The Balaban J connectivity index is 2.56. The number of carbonyl (C=O) groups is 1. The van der Waals surface area contributed by atoms with E-state index in [9.17, 15) is 4.79 Å². The normalized spacial score (nSPS) is 28.8. The van der Waals surface area contributed by atoms with Crippen LogP contribution in [-0.2, 0) is 0 Å². The lowest BCUT2D eigenvalue weighted by Gasteiger charge is -2.37. The van der Waals surface area contributed by atoms with Crippen molar-refractivity contribution in [3.63, 3.8) is 0 Å². The number of nitrogens with zero attached hydrogens (tertiary/aromatic N) is 2. The molecule has 0 N–H and O–H groups in total. The van der Waals surface area contributed by atoms with E-state index in [4.69, 9.17) is 0 Å². The Morgan fingerprint density at radius 1 is 1.38 bits per heavy atom. The van der Waals surface area contributed by atoms with Crippen LogP contribution >= 0.6 is 0 Å². The number of amides is 2. The minimum atomic E-state index is 0.152. The summed E-state index contributed by atoms with van der Waals surface area (Å²) in [4.78, 5) is 15.3. The third-order valence-electron chi connectivity index (χ3n) is 2.77. The van der Waals surface area contributed by atoms with Crippen molar-refractivity contribution in [1.82, 2.24) is 9.80 Å². The van der Waals surface area contributed by atoms with Gasteiger partial charge in [-0.15, -0.1) is 0 Å². The average molecular weight is 184 g/mol. The number of rotatable bonds is 0. The zero-order chi connectivity index (χ0) is 10.0. The number of carbonyl (C=O) groups excluding carboxylic acids is 1. The van der Waals surface area contributed by atoms with Gasteiger partial charge in [0.15, 0.2) is 0 Å². The molecule has 1 rings (SSSR count). The molecule has 0 aromatic heterocycles. The molecule has 1 fully saturated rings. The number of likely N-dealkylation sites (tertiary alicyclic amines) is 1. The summed E-state index contributed by atoms with van der Waals surface area (Å²) in [6, 6.07) is 0.554. The molecule has 1 saturated heterocycles. The van der Waals surface area contributed by atoms with Gasteiger partial charge in [0.1, 0.15) is 0 Å². The van der Waals surface area contributed by atoms with Crippen LogP contribution in [0.15, 0.2) is 0 Å². The van der Waals surface area contributed by atoms with Crippen LogP contribution in [-0.4, -0.2) is 42.5 Å². The first-order chi connectivity index (χ1) is 6.02. The van der Waals surface area contributed by atoms with E-state index in [-0.39, 0.29) is 6.03 Å². The van der Waals surface area contributed by atoms with Crippen LogP contribution in [0.3, 0.4) is 0 Å². The van der Waals surface area contributed by atoms with Crippen LogP contribution in [0.4, 0.5) is 4.79 Å². The fraction of sp³-hybridized carbons (Fsp3) is 0.900. The molecule has 2 amide bonds. The third kappa shape index (κ3) is 2.36. The maximum absolute atomic E-state index is 11.7. The van der Waals surface area contributed by atoms with Gasteiger partial charge in [-0.1, -0.05) is 6.92 Å². The van der Waals surface area contributed by atoms with Gasteiger partial charge in [0.25, 0.3) is 0 Å². The molecule has 0 unspecified atom stereocenters.